The minimum atomic E-state index is -0.200. The largest absolute Gasteiger partial charge is 0.369 e. The fourth-order valence-electron chi connectivity index (χ4n) is 3.05. The summed E-state index contributed by atoms with van der Waals surface area (Å²) in [5.41, 5.74) is 2.10. The number of pyridine rings is 1. The fourth-order valence-corrected chi connectivity index (χ4v) is 4.04. The minimum Gasteiger partial charge on any atom is -0.369 e. The Morgan fingerprint density at radius 3 is 2.92 bits per heavy atom. The Hall–Kier alpha value is -2.44. The number of thiazole rings is 1. The Labute approximate surface area is 160 Å². The topological polar surface area (TPSA) is 58.1 Å². The van der Waals surface area contributed by atoms with Crippen LogP contribution in [0, 0.1) is 0 Å². The van der Waals surface area contributed by atoms with Gasteiger partial charge >= 0.3 is 0 Å². The van der Waals surface area contributed by atoms with Gasteiger partial charge in [0, 0.05) is 36.9 Å². The van der Waals surface area contributed by atoms with Gasteiger partial charge in [0.2, 0.25) is 0 Å². The molecule has 1 aliphatic rings. The predicted molar refractivity (Wildman–Crippen MR) is 105 cm³/mol. The molecule has 26 heavy (non-hydrogen) atoms. The zero-order valence-electron chi connectivity index (χ0n) is 14.1. The van der Waals surface area contributed by atoms with E-state index in [9.17, 15) is 4.79 Å². The second-order valence-electron chi connectivity index (χ2n) is 6.23. The number of hydrogen-bond acceptors (Lipinski definition) is 6. The van der Waals surface area contributed by atoms with E-state index in [4.69, 9.17) is 11.6 Å². The van der Waals surface area contributed by atoms with Crippen molar-refractivity contribution in [3.8, 4) is 0 Å². The van der Waals surface area contributed by atoms with Gasteiger partial charge in [-0.05, 0) is 23.8 Å². The van der Waals surface area contributed by atoms with E-state index in [2.05, 4.69) is 15.3 Å². The number of aromatic nitrogens is 2. The fraction of sp³-hybridized carbons (Fsp3) is 0.211. The van der Waals surface area contributed by atoms with Crippen molar-refractivity contribution >= 4 is 39.7 Å². The number of nitrogens with one attached hydrogen (secondary N) is 1. The van der Waals surface area contributed by atoms with Gasteiger partial charge in [0.05, 0.1) is 17.0 Å². The van der Waals surface area contributed by atoms with Gasteiger partial charge in [0.1, 0.15) is 5.82 Å². The molecule has 1 unspecified atom stereocenters. The highest BCUT2D eigenvalue weighted by molar-refractivity contribution is 7.17. The highest BCUT2D eigenvalue weighted by atomic mass is 35.5. The Balaban J connectivity index is 1.49. The van der Waals surface area contributed by atoms with Crippen LogP contribution in [0.4, 0.5) is 10.9 Å². The molecule has 3 heterocycles. The number of Topliss-reactive ketones (excluding diaryl/α,β-unsaturated/α-hetero) is 1. The zero-order valence-corrected chi connectivity index (χ0v) is 15.7. The molecule has 5 nitrogen and oxygen atoms in total. The number of rotatable bonds is 5. The van der Waals surface area contributed by atoms with E-state index < -0.39 is 0 Å². The lowest BCUT2D eigenvalue weighted by Crippen LogP contribution is -2.16. The van der Waals surface area contributed by atoms with Crippen LogP contribution in [-0.4, -0.2) is 29.3 Å². The lowest BCUT2D eigenvalue weighted by molar-refractivity contribution is 0.0970. The molecule has 0 amide bonds. The molecule has 0 aliphatic carbocycles. The van der Waals surface area contributed by atoms with Crippen molar-refractivity contribution in [2.45, 2.75) is 12.5 Å². The average Bonchev–Trinajstić information content (AvgIpc) is 3.30. The summed E-state index contributed by atoms with van der Waals surface area (Å²) in [6.45, 7) is 1.29. The number of benzene rings is 1. The zero-order chi connectivity index (χ0) is 18.1. The molecule has 132 valence electrons. The van der Waals surface area contributed by atoms with E-state index in [1.165, 1.54) is 11.3 Å². The monoisotopic (exact) mass is 384 g/mol. The van der Waals surface area contributed by atoms with Gasteiger partial charge in [0.15, 0.2) is 10.9 Å². The van der Waals surface area contributed by atoms with Gasteiger partial charge in [0.25, 0.3) is 0 Å². The lowest BCUT2D eigenvalue weighted by atomic mass is 9.98. The van der Waals surface area contributed by atoms with Crippen molar-refractivity contribution < 1.29 is 4.79 Å². The molecule has 3 aromatic rings. The van der Waals surface area contributed by atoms with Crippen molar-refractivity contribution in [1.29, 1.82) is 0 Å². The van der Waals surface area contributed by atoms with Crippen molar-refractivity contribution in [2.24, 2.45) is 0 Å². The molecule has 2 aromatic heterocycles. The van der Waals surface area contributed by atoms with Crippen LogP contribution in [0.3, 0.4) is 0 Å². The normalized spacial score (nSPS) is 15.4. The van der Waals surface area contributed by atoms with Crippen LogP contribution in [0.25, 0.3) is 0 Å². The van der Waals surface area contributed by atoms with Crippen LogP contribution in [-0.2, 0) is 6.54 Å². The molecule has 1 N–H and O–H groups in total. The maximum Gasteiger partial charge on any atom is 0.185 e. The second kappa shape index (κ2) is 7.05. The summed E-state index contributed by atoms with van der Waals surface area (Å²) in [7, 11) is 1.97. The number of hydrogen-bond donors (Lipinski definition) is 1. The molecular weight excluding hydrogens is 368 g/mol. The first-order valence-corrected chi connectivity index (χ1v) is 9.45. The summed E-state index contributed by atoms with van der Waals surface area (Å²) < 4.78 is 0. The SMILES string of the molecule is CN(Cc1ccc(Cl)cc1)c1ncc(C(=O)C2CNc3ncccc32)s1. The Morgan fingerprint density at radius 2 is 2.12 bits per heavy atom. The molecule has 1 aromatic carbocycles. The molecule has 7 heteroatoms. The van der Waals surface area contributed by atoms with Crippen molar-refractivity contribution in [1.82, 2.24) is 9.97 Å². The Bertz CT molecular complexity index is 941. The number of carbonyl (C=O) groups excluding carboxylic acids is 1. The summed E-state index contributed by atoms with van der Waals surface area (Å²) in [4.78, 5) is 24.3. The number of fused-ring (bicyclic) bond motifs is 1. The highest BCUT2D eigenvalue weighted by Gasteiger charge is 2.31. The standard InChI is InChI=1S/C19H17ClN4OS/c1-24(11-12-4-6-13(20)7-5-12)19-23-10-16(26-19)17(25)15-9-22-18-14(15)3-2-8-21-18/h2-8,10,15H,9,11H2,1H3,(H,21,22). The lowest BCUT2D eigenvalue weighted by Gasteiger charge is -2.15. The van der Waals surface area contributed by atoms with Gasteiger partial charge in [-0.2, -0.15) is 0 Å². The summed E-state index contributed by atoms with van der Waals surface area (Å²) in [6.07, 6.45) is 3.41. The van der Waals surface area contributed by atoms with E-state index in [1.54, 1.807) is 12.4 Å². The number of nitrogens with zero attached hydrogens (tertiary/aromatic N) is 3. The molecule has 0 spiro atoms. The van der Waals surface area contributed by atoms with E-state index in [0.717, 1.165) is 27.1 Å². The highest BCUT2D eigenvalue weighted by Crippen LogP contribution is 2.34. The molecule has 1 atom stereocenters. The molecule has 4 rings (SSSR count). The first-order chi connectivity index (χ1) is 12.6. The molecule has 0 fully saturated rings. The first kappa shape index (κ1) is 17.0. The van der Waals surface area contributed by atoms with Gasteiger partial charge in [-0.25, -0.2) is 9.97 Å². The smallest absolute Gasteiger partial charge is 0.185 e. The maximum absolute atomic E-state index is 12.9. The van der Waals surface area contributed by atoms with Crippen LogP contribution in [0.15, 0.2) is 48.8 Å². The number of ketones is 1. The van der Waals surface area contributed by atoms with Crippen molar-refractivity contribution in [3.63, 3.8) is 0 Å². The summed E-state index contributed by atoms with van der Waals surface area (Å²) in [5.74, 6) is 0.692. The van der Waals surface area contributed by atoms with Gasteiger partial charge in [-0.15, -0.1) is 0 Å². The summed E-state index contributed by atoms with van der Waals surface area (Å²) >= 11 is 7.35. The molecule has 0 saturated heterocycles. The third-order valence-corrected chi connectivity index (χ3v) is 5.78. The van der Waals surface area contributed by atoms with Crippen molar-refractivity contribution in [2.75, 3.05) is 23.8 Å². The predicted octanol–water partition coefficient (Wildman–Crippen LogP) is 4.22. The van der Waals surface area contributed by atoms with Crippen LogP contribution in [0.1, 0.15) is 26.7 Å². The molecule has 0 bridgehead atoms. The van der Waals surface area contributed by atoms with Crippen LogP contribution < -0.4 is 10.2 Å². The van der Waals surface area contributed by atoms with Gasteiger partial charge in [-0.1, -0.05) is 41.1 Å². The van der Waals surface area contributed by atoms with E-state index in [1.807, 2.05) is 48.3 Å². The van der Waals surface area contributed by atoms with E-state index >= 15 is 0 Å². The average molecular weight is 385 g/mol. The summed E-state index contributed by atoms with van der Waals surface area (Å²) in [6, 6.07) is 11.6. The van der Waals surface area contributed by atoms with Crippen LogP contribution in [0.5, 0.6) is 0 Å². The number of halogens is 1. The van der Waals surface area contributed by atoms with Gasteiger partial charge in [-0.3, -0.25) is 4.79 Å². The quantitative estimate of drug-likeness (QED) is 0.667. The van der Waals surface area contributed by atoms with Crippen LogP contribution >= 0.6 is 22.9 Å². The summed E-state index contributed by atoms with van der Waals surface area (Å²) in [5, 5.41) is 4.74. The second-order valence-corrected chi connectivity index (χ2v) is 7.67. The Morgan fingerprint density at radius 1 is 1.31 bits per heavy atom. The van der Waals surface area contributed by atoms with E-state index in [0.29, 0.717) is 18.0 Å². The number of anilines is 2. The minimum absolute atomic E-state index is 0.0906. The number of carbonyl (C=O) groups is 1. The third-order valence-electron chi connectivity index (χ3n) is 4.40. The third kappa shape index (κ3) is 3.30. The van der Waals surface area contributed by atoms with Crippen LogP contribution in [0.2, 0.25) is 5.02 Å². The van der Waals surface area contributed by atoms with Gasteiger partial charge < -0.3 is 10.2 Å². The maximum atomic E-state index is 12.9. The molecule has 0 radical (unpaired) electrons. The molecule has 0 saturated carbocycles. The first-order valence-electron chi connectivity index (χ1n) is 8.26. The van der Waals surface area contributed by atoms with Crippen molar-refractivity contribution in [3.05, 3.63) is 69.8 Å². The molecule has 1 aliphatic heterocycles. The molecular formula is C19H17ClN4OS. The van der Waals surface area contributed by atoms with E-state index in [-0.39, 0.29) is 11.7 Å². The Kier molecular flexibility index (Phi) is 4.61.